The first-order valence-corrected chi connectivity index (χ1v) is 8.63. The van der Waals surface area contributed by atoms with E-state index in [0.717, 1.165) is 12.2 Å². The fourth-order valence-corrected chi connectivity index (χ4v) is 1.94. The van der Waals surface area contributed by atoms with E-state index in [9.17, 15) is 29.4 Å². The van der Waals surface area contributed by atoms with Gasteiger partial charge in [0.25, 0.3) is 12.6 Å². The lowest BCUT2D eigenvalue weighted by Crippen LogP contribution is -2.35. The molecule has 1 rings (SSSR count). The van der Waals surface area contributed by atoms with E-state index >= 15 is 0 Å². The summed E-state index contributed by atoms with van der Waals surface area (Å²) in [6.07, 6.45) is -4.45. The third-order valence-corrected chi connectivity index (χ3v) is 3.40. The van der Waals surface area contributed by atoms with Crippen LogP contribution in [0.1, 0.15) is 34.6 Å². The maximum atomic E-state index is 12.5. The van der Waals surface area contributed by atoms with Crippen LogP contribution in [0.3, 0.4) is 0 Å². The van der Waals surface area contributed by atoms with Crippen LogP contribution >= 0.6 is 0 Å². The van der Waals surface area contributed by atoms with Crippen LogP contribution in [0.5, 0.6) is 0 Å². The van der Waals surface area contributed by atoms with Crippen molar-refractivity contribution in [1.29, 1.82) is 0 Å². The molecule has 1 aromatic carbocycles. The van der Waals surface area contributed by atoms with Gasteiger partial charge in [-0.25, -0.2) is 19.2 Å². The summed E-state index contributed by atoms with van der Waals surface area (Å²) in [5.74, 6) is -4.10. The van der Waals surface area contributed by atoms with Crippen molar-refractivity contribution in [3.63, 3.8) is 0 Å². The van der Waals surface area contributed by atoms with Gasteiger partial charge >= 0.3 is 23.9 Å². The SMILES string of the molecule is C=CC(=O)OC(OC(=O)c1ccccc1C(=O)OC(OC(=O)C=C)C(C)O)C(C)O. The Kier molecular flexibility index (Phi) is 9.40. The van der Waals surface area contributed by atoms with Crippen molar-refractivity contribution >= 4 is 23.9 Å². The Balaban J connectivity index is 3.07. The second-order valence-electron chi connectivity index (χ2n) is 5.86. The summed E-state index contributed by atoms with van der Waals surface area (Å²) in [6, 6.07) is 5.29. The minimum absolute atomic E-state index is 0.290. The molecule has 2 N–H and O–H groups in total. The number of carbonyl (C=O) groups excluding carboxylic acids is 4. The van der Waals surface area contributed by atoms with Crippen LogP contribution in [-0.4, -0.2) is 58.9 Å². The van der Waals surface area contributed by atoms with Crippen molar-refractivity contribution < 1.29 is 48.3 Å². The van der Waals surface area contributed by atoms with Gasteiger partial charge in [0, 0.05) is 12.2 Å². The smallest absolute Gasteiger partial charge is 0.342 e. The second-order valence-corrected chi connectivity index (χ2v) is 5.86. The van der Waals surface area contributed by atoms with Crippen molar-refractivity contribution in [3.8, 4) is 0 Å². The molecule has 0 heterocycles. The van der Waals surface area contributed by atoms with Crippen molar-refractivity contribution in [2.24, 2.45) is 0 Å². The van der Waals surface area contributed by atoms with E-state index in [2.05, 4.69) is 13.2 Å². The summed E-state index contributed by atoms with van der Waals surface area (Å²) in [5.41, 5.74) is -0.579. The topological polar surface area (TPSA) is 146 Å². The third kappa shape index (κ3) is 7.15. The minimum atomic E-state index is -1.66. The van der Waals surface area contributed by atoms with Crippen molar-refractivity contribution in [3.05, 3.63) is 60.7 Å². The van der Waals surface area contributed by atoms with Crippen LogP contribution in [0.2, 0.25) is 0 Å². The minimum Gasteiger partial charge on any atom is -0.419 e. The Bertz CT molecular complexity index is 745. The maximum absolute atomic E-state index is 12.5. The number of hydrogen-bond donors (Lipinski definition) is 2. The molecule has 4 atom stereocenters. The normalized spacial score (nSPS) is 14.3. The molecular formula is C20H22O10. The Morgan fingerprint density at radius 2 is 1.10 bits per heavy atom. The fraction of sp³-hybridized carbons (Fsp3) is 0.300. The molecule has 30 heavy (non-hydrogen) atoms. The van der Waals surface area contributed by atoms with Gasteiger partial charge in [-0.1, -0.05) is 25.3 Å². The molecule has 0 saturated heterocycles. The van der Waals surface area contributed by atoms with E-state index in [0.29, 0.717) is 0 Å². The van der Waals surface area contributed by atoms with Gasteiger partial charge in [0.05, 0.1) is 11.1 Å². The quantitative estimate of drug-likeness (QED) is 0.316. The van der Waals surface area contributed by atoms with E-state index in [-0.39, 0.29) is 11.1 Å². The summed E-state index contributed by atoms with van der Waals surface area (Å²) in [6.45, 7) is 8.83. The lowest BCUT2D eigenvalue weighted by Gasteiger charge is -2.21. The van der Waals surface area contributed by atoms with Crippen LogP contribution in [0.15, 0.2) is 49.6 Å². The molecule has 10 heteroatoms. The molecule has 0 spiro atoms. The average molecular weight is 422 g/mol. The van der Waals surface area contributed by atoms with Crippen LogP contribution in [0.25, 0.3) is 0 Å². The van der Waals surface area contributed by atoms with Gasteiger partial charge in [-0.2, -0.15) is 0 Å². The Labute approximate surface area is 172 Å². The highest BCUT2D eigenvalue weighted by Crippen LogP contribution is 2.16. The zero-order chi connectivity index (χ0) is 22.8. The van der Waals surface area contributed by atoms with E-state index in [1.54, 1.807) is 0 Å². The van der Waals surface area contributed by atoms with E-state index in [4.69, 9.17) is 18.9 Å². The number of aliphatic hydroxyl groups is 2. The molecule has 0 aliphatic heterocycles. The summed E-state index contributed by atoms with van der Waals surface area (Å²) in [7, 11) is 0. The number of ether oxygens (including phenoxy) is 4. The molecule has 0 radical (unpaired) electrons. The molecular weight excluding hydrogens is 400 g/mol. The standard InChI is InChI=1S/C20H22O10/c1-5-15(23)27-19(11(3)21)29-17(25)13-9-7-8-10-14(13)18(26)30-20(12(4)22)28-16(24)6-2/h5-12,19-22H,1-2H2,3-4H3. The first kappa shape index (κ1) is 24.5. The molecule has 0 aliphatic rings. The largest absolute Gasteiger partial charge is 0.419 e. The Hall–Kier alpha value is -3.50. The van der Waals surface area contributed by atoms with Gasteiger partial charge in [-0.05, 0) is 26.0 Å². The summed E-state index contributed by atoms with van der Waals surface area (Å²) in [5, 5.41) is 19.3. The predicted octanol–water partition coefficient (Wildman–Crippen LogP) is 0.872. The Morgan fingerprint density at radius 3 is 1.37 bits per heavy atom. The Morgan fingerprint density at radius 1 is 0.767 bits per heavy atom. The van der Waals surface area contributed by atoms with Crippen molar-refractivity contribution in [2.45, 2.75) is 38.6 Å². The predicted molar refractivity (Wildman–Crippen MR) is 101 cm³/mol. The zero-order valence-corrected chi connectivity index (χ0v) is 16.3. The molecule has 4 unspecified atom stereocenters. The molecule has 0 saturated carbocycles. The molecule has 0 aliphatic carbocycles. The van der Waals surface area contributed by atoms with E-state index < -0.39 is 48.7 Å². The van der Waals surface area contributed by atoms with Gasteiger partial charge < -0.3 is 29.2 Å². The van der Waals surface area contributed by atoms with Gasteiger partial charge in [0.2, 0.25) is 0 Å². The number of aliphatic hydroxyl groups excluding tert-OH is 2. The highest BCUT2D eigenvalue weighted by atomic mass is 16.7. The van der Waals surface area contributed by atoms with Crippen LogP contribution in [0, 0.1) is 0 Å². The second kappa shape index (κ2) is 11.5. The molecule has 0 aromatic heterocycles. The summed E-state index contributed by atoms with van der Waals surface area (Å²) < 4.78 is 19.4. The number of carbonyl (C=O) groups is 4. The molecule has 10 nitrogen and oxygen atoms in total. The number of esters is 4. The highest BCUT2D eigenvalue weighted by molar-refractivity contribution is 6.03. The molecule has 162 valence electrons. The summed E-state index contributed by atoms with van der Waals surface area (Å²) in [4.78, 5) is 47.6. The number of rotatable bonds is 10. The zero-order valence-electron chi connectivity index (χ0n) is 16.3. The van der Waals surface area contributed by atoms with Gasteiger partial charge in [0.1, 0.15) is 12.2 Å². The number of benzene rings is 1. The molecule has 0 amide bonds. The van der Waals surface area contributed by atoms with E-state index in [1.165, 1.54) is 38.1 Å². The molecule has 1 aromatic rings. The monoisotopic (exact) mass is 422 g/mol. The van der Waals surface area contributed by atoms with Crippen molar-refractivity contribution in [2.75, 3.05) is 0 Å². The van der Waals surface area contributed by atoms with Crippen LogP contribution in [0.4, 0.5) is 0 Å². The lowest BCUT2D eigenvalue weighted by atomic mass is 10.1. The molecule has 0 fully saturated rings. The number of hydrogen-bond acceptors (Lipinski definition) is 10. The maximum Gasteiger partial charge on any atom is 0.342 e. The highest BCUT2D eigenvalue weighted by Gasteiger charge is 2.29. The first-order chi connectivity index (χ1) is 14.1. The average Bonchev–Trinajstić information content (AvgIpc) is 2.71. The van der Waals surface area contributed by atoms with Crippen molar-refractivity contribution in [1.82, 2.24) is 0 Å². The van der Waals surface area contributed by atoms with Gasteiger partial charge in [0.15, 0.2) is 0 Å². The lowest BCUT2D eigenvalue weighted by molar-refractivity contribution is -0.181. The fourth-order valence-electron chi connectivity index (χ4n) is 1.94. The van der Waals surface area contributed by atoms with Gasteiger partial charge in [-0.15, -0.1) is 0 Å². The molecule has 0 bridgehead atoms. The van der Waals surface area contributed by atoms with Gasteiger partial charge in [-0.3, -0.25) is 0 Å². The third-order valence-electron chi connectivity index (χ3n) is 3.40. The summed E-state index contributed by atoms with van der Waals surface area (Å²) >= 11 is 0. The van der Waals surface area contributed by atoms with E-state index in [1.807, 2.05) is 0 Å². The van der Waals surface area contributed by atoms with Crippen LogP contribution < -0.4 is 0 Å². The van der Waals surface area contributed by atoms with Crippen LogP contribution in [-0.2, 0) is 28.5 Å². The first-order valence-electron chi connectivity index (χ1n) is 8.63.